The van der Waals surface area contributed by atoms with Crippen molar-refractivity contribution in [3.05, 3.63) is 0 Å². The molecule has 1 unspecified atom stereocenters. The number of nitrogens with one attached hydrogen (secondary N) is 1. The van der Waals surface area contributed by atoms with Crippen LogP contribution in [-0.4, -0.2) is 35.9 Å². The summed E-state index contributed by atoms with van der Waals surface area (Å²) in [6.07, 6.45) is 8.25. The van der Waals surface area contributed by atoms with Gasteiger partial charge in [0.15, 0.2) is 0 Å². The molecule has 4 heteroatoms. The predicted octanol–water partition coefficient (Wildman–Crippen LogP) is 3.59. The van der Waals surface area contributed by atoms with E-state index in [-0.39, 0.29) is 0 Å². The van der Waals surface area contributed by atoms with Crippen LogP contribution in [-0.2, 0) is 9.53 Å². The molecule has 21 heavy (non-hydrogen) atoms. The van der Waals surface area contributed by atoms with E-state index in [1.54, 1.807) is 0 Å². The first kappa shape index (κ1) is 18.4. The maximum absolute atomic E-state index is 11.6. The molecule has 0 aromatic heterocycles. The number of rotatable bonds is 10. The van der Waals surface area contributed by atoms with Crippen LogP contribution in [0.25, 0.3) is 0 Å². The lowest BCUT2D eigenvalue weighted by Crippen LogP contribution is -2.52. The standard InChI is InChI=1S/C17H33NO3/c1-4-12-18-17(5-2,16(19)20)11-6-13-21-15-9-7-14(3)8-10-15/h14-15,18H,4-13H2,1-3H3,(H,19,20). The average molecular weight is 299 g/mol. The summed E-state index contributed by atoms with van der Waals surface area (Å²) in [4.78, 5) is 11.6. The molecule has 0 aromatic carbocycles. The van der Waals surface area contributed by atoms with Crippen LogP contribution in [0.2, 0.25) is 0 Å². The van der Waals surface area contributed by atoms with E-state index in [0.29, 0.717) is 25.6 Å². The lowest BCUT2D eigenvalue weighted by Gasteiger charge is -2.30. The Morgan fingerprint density at radius 2 is 1.95 bits per heavy atom. The summed E-state index contributed by atoms with van der Waals surface area (Å²) in [7, 11) is 0. The first-order chi connectivity index (χ1) is 10.0. The van der Waals surface area contributed by atoms with Gasteiger partial charge in [0.25, 0.3) is 0 Å². The fraction of sp³-hybridized carbons (Fsp3) is 0.941. The Labute approximate surface area is 129 Å². The fourth-order valence-corrected chi connectivity index (χ4v) is 3.11. The van der Waals surface area contributed by atoms with Gasteiger partial charge in [0.2, 0.25) is 0 Å². The van der Waals surface area contributed by atoms with Gasteiger partial charge in [0.1, 0.15) is 5.54 Å². The molecule has 1 fully saturated rings. The molecule has 1 atom stereocenters. The van der Waals surface area contributed by atoms with Crippen LogP contribution in [0.15, 0.2) is 0 Å². The van der Waals surface area contributed by atoms with Crippen molar-refractivity contribution in [1.29, 1.82) is 0 Å². The molecule has 0 bridgehead atoms. The lowest BCUT2D eigenvalue weighted by atomic mass is 9.88. The number of carbonyl (C=O) groups is 1. The molecule has 1 rings (SSSR count). The number of ether oxygens (including phenoxy) is 1. The van der Waals surface area contributed by atoms with Crippen LogP contribution in [0.5, 0.6) is 0 Å². The van der Waals surface area contributed by atoms with Gasteiger partial charge < -0.3 is 15.2 Å². The fourth-order valence-electron chi connectivity index (χ4n) is 3.11. The first-order valence-electron chi connectivity index (χ1n) is 8.64. The number of carboxylic acid groups (broad SMARTS) is 1. The number of hydrogen-bond acceptors (Lipinski definition) is 3. The Morgan fingerprint density at radius 1 is 1.29 bits per heavy atom. The number of aliphatic carboxylic acids is 1. The summed E-state index contributed by atoms with van der Waals surface area (Å²) >= 11 is 0. The van der Waals surface area contributed by atoms with Crippen molar-refractivity contribution in [3.8, 4) is 0 Å². The quantitative estimate of drug-likeness (QED) is 0.605. The Balaban J connectivity index is 2.31. The molecule has 0 radical (unpaired) electrons. The summed E-state index contributed by atoms with van der Waals surface area (Å²) in [5.74, 6) is 0.104. The Hall–Kier alpha value is -0.610. The summed E-state index contributed by atoms with van der Waals surface area (Å²) in [6, 6.07) is 0. The van der Waals surface area contributed by atoms with Crippen molar-refractivity contribution in [2.75, 3.05) is 13.2 Å². The van der Waals surface area contributed by atoms with Gasteiger partial charge in [-0.25, -0.2) is 0 Å². The second-order valence-electron chi connectivity index (χ2n) is 6.52. The molecule has 0 heterocycles. The molecule has 124 valence electrons. The van der Waals surface area contributed by atoms with Crippen LogP contribution in [0, 0.1) is 5.92 Å². The zero-order valence-electron chi connectivity index (χ0n) is 14.0. The molecule has 0 amide bonds. The first-order valence-corrected chi connectivity index (χ1v) is 8.64. The van der Waals surface area contributed by atoms with E-state index < -0.39 is 11.5 Å². The van der Waals surface area contributed by atoms with Crippen molar-refractivity contribution < 1.29 is 14.6 Å². The van der Waals surface area contributed by atoms with Crippen molar-refractivity contribution >= 4 is 5.97 Å². The Bertz CT molecular complexity index is 300. The molecule has 0 spiro atoms. The van der Waals surface area contributed by atoms with Crippen LogP contribution >= 0.6 is 0 Å². The van der Waals surface area contributed by atoms with Gasteiger partial charge in [-0.2, -0.15) is 0 Å². The van der Waals surface area contributed by atoms with E-state index in [2.05, 4.69) is 19.2 Å². The normalized spacial score (nSPS) is 25.5. The maximum atomic E-state index is 11.6. The molecule has 1 saturated carbocycles. The Morgan fingerprint density at radius 3 is 2.48 bits per heavy atom. The molecular weight excluding hydrogens is 266 g/mol. The summed E-state index contributed by atoms with van der Waals surface area (Å²) in [5, 5.41) is 12.7. The van der Waals surface area contributed by atoms with E-state index in [4.69, 9.17) is 4.74 Å². The molecule has 1 aliphatic carbocycles. The zero-order chi connectivity index (χ0) is 15.7. The highest BCUT2D eigenvalue weighted by Gasteiger charge is 2.35. The zero-order valence-corrected chi connectivity index (χ0v) is 14.0. The third-order valence-corrected chi connectivity index (χ3v) is 4.79. The van der Waals surface area contributed by atoms with Gasteiger partial charge in [-0.1, -0.05) is 20.8 Å². The van der Waals surface area contributed by atoms with Crippen LogP contribution in [0.4, 0.5) is 0 Å². The van der Waals surface area contributed by atoms with E-state index in [1.807, 2.05) is 6.92 Å². The van der Waals surface area contributed by atoms with Crippen molar-refractivity contribution in [1.82, 2.24) is 5.32 Å². The van der Waals surface area contributed by atoms with Gasteiger partial charge in [0, 0.05) is 6.61 Å². The van der Waals surface area contributed by atoms with E-state index in [1.165, 1.54) is 12.8 Å². The molecule has 0 aromatic rings. The minimum absolute atomic E-state index is 0.394. The molecular formula is C17H33NO3. The molecule has 2 N–H and O–H groups in total. The Kier molecular flexibility index (Phi) is 8.27. The van der Waals surface area contributed by atoms with Crippen molar-refractivity contribution in [2.24, 2.45) is 5.92 Å². The van der Waals surface area contributed by atoms with Crippen LogP contribution in [0.3, 0.4) is 0 Å². The minimum Gasteiger partial charge on any atom is -0.480 e. The second kappa shape index (κ2) is 9.42. The van der Waals surface area contributed by atoms with Crippen LogP contribution in [0.1, 0.15) is 72.1 Å². The number of hydrogen-bond donors (Lipinski definition) is 2. The summed E-state index contributed by atoms with van der Waals surface area (Å²) in [5.41, 5.74) is -0.777. The van der Waals surface area contributed by atoms with E-state index in [0.717, 1.165) is 38.1 Å². The molecule has 4 nitrogen and oxygen atoms in total. The highest BCUT2D eigenvalue weighted by atomic mass is 16.5. The monoisotopic (exact) mass is 299 g/mol. The molecule has 0 saturated heterocycles. The SMILES string of the molecule is CCCNC(CC)(CCCOC1CCC(C)CC1)C(=O)O. The third-order valence-electron chi connectivity index (χ3n) is 4.79. The van der Waals surface area contributed by atoms with Gasteiger partial charge >= 0.3 is 5.97 Å². The summed E-state index contributed by atoms with van der Waals surface area (Å²) in [6.45, 7) is 7.74. The average Bonchev–Trinajstić information content (AvgIpc) is 2.48. The molecule has 1 aliphatic rings. The second-order valence-corrected chi connectivity index (χ2v) is 6.52. The minimum atomic E-state index is -0.777. The van der Waals surface area contributed by atoms with Crippen molar-refractivity contribution in [3.63, 3.8) is 0 Å². The highest BCUT2D eigenvalue weighted by Crippen LogP contribution is 2.26. The molecule has 0 aliphatic heterocycles. The van der Waals surface area contributed by atoms with Gasteiger partial charge in [-0.3, -0.25) is 4.79 Å². The van der Waals surface area contributed by atoms with E-state index in [9.17, 15) is 9.90 Å². The van der Waals surface area contributed by atoms with Crippen LogP contribution < -0.4 is 5.32 Å². The smallest absolute Gasteiger partial charge is 0.323 e. The third kappa shape index (κ3) is 5.95. The van der Waals surface area contributed by atoms with Crippen molar-refractivity contribution in [2.45, 2.75) is 83.8 Å². The maximum Gasteiger partial charge on any atom is 0.323 e. The summed E-state index contributed by atoms with van der Waals surface area (Å²) < 4.78 is 5.93. The topological polar surface area (TPSA) is 58.6 Å². The predicted molar refractivity (Wildman–Crippen MR) is 85.6 cm³/mol. The van der Waals surface area contributed by atoms with E-state index >= 15 is 0 Å². The highest BCUT2D eigenvalue weighted by molar-refractivity contribution is 5.78. The van der Waals surface area contributed by atoms with Gasteiger partial charge in [-0.05, 0) is 63.8 Å². The van der Waals surface area contributed by atoms with Gasteiger partial charge in [-0.15, -0.1) is 0 Å². The lowest BCUT2D eigenvalue weighted by molar-refractivity contribution is -0.145. The number of carboxylic acids is 1. The van der Waals surface area contributed by atoms with Gasteiger partial charge in [0.05, 0.1) is 6.10 Å². The largest absolute Gasteiger partial charge is 0.480 e.